The van der Waals surface area contributed by atoms with Crippen LogP contribution in [0.3, 0.4) is 0 Å². The molecule has 5 aromatic carbocycles. The van der Waals surface area contributed by atoms with Gasteiger partial charge in [0.2, 0.25) is 0 Å². The van der Waals surface area contributed by atoms with Crippen molar-refractivity contribution in [1.29, 1.82) is 0 Å². The minimum Gasteiger partial charge on any atom is -0.309 e. The number of benzene rings is 5. The molecule has 0 unspecified atom stereocenters. The maximum absolute atomic E-state index is 12.5. The third-order valence-corrected chi connectivity index (χ3v) is 6.72. The highest BCUT2D eigenvalue weighted by Crippen LogP contribution is 2.43. The Balaban J connectivity index is 1.90. The summed E-state index contributed by atoms with van der Waals surface area (Å²) >= 11 is 0. The lowest BCUT2D eigenvalue weighted by molar-refractivity contribution is 0.603. The Morgan fingerprint density at radius 1 is 0.545 bits per heavy atom. The number of rotatable bonds is 4. The van der Waals surface area contributed by atoms with Crippen molar-refractivity contribution in [3.8, 4) is 27.9 Å². The largest absolute Gasteiger partial charge is 0.309 e. The van der Waals surface area contributed by atoms with Crippen LogP contribution in [0.25, 0.3) is 49.7 Å². The van der Waals surface area contributed by atoms with Crippen molar-refractivity contribution in [2.24, 2.45) is 0 Å². The second-order valence-electron chi connectivity index (χ2n) is 8.05. The van der Waals surface area contributed by atoms with E-state index in [-0.39, 0.29) is 8.46 Å². The van der Waals surface area contributed by atoms with Crippen molar-refractivity contribution in [1.82, 2.24) is 4.57 Å². The molecule has 1 heterocycles. The topological polar surface area (TPSA) is 22.0 Å². The molecule has 0 saturated carbocycles. The predicted molar refractivity (Wildman–Crippen MR) is 139 cm³/mol. The maximum atomic E-state index is 12.5. The Bertz CT molecular complexity index is 1600. The average molecular weight is 441 g/mol. The lowest BCUT2D eigenvalue weighted by atomic mass is 9.92. The fourth-order valence-electron chi connectivity index (χ4n) is 4.81. The van der Waals surface area contributed by atoms with E-state index in [2.05, 4.69) is 95.6 Å². The zero-order valence-electron chi connectivity index (χ0n) is 17.8. The van der Waals surface area contributed by atoms with Gasteiger partial charge in [-0.1, -0.05) is 97.1 Å². The molecule has 0 fully saturated rings. The minimum atomic E-state index is 0.00745. The van der Waals surface area contributed by atoms with E-state index in [4.69, 9.17) is 0 Å². The molecule has 156 valence electrons. The molecule has 0 N–H and O–H groups in total. The third-order valence-electron chi connectivity index (χ3n) is 6.18. The van der Waals surface area contributed by atoms with Gasteiger partial charge in [0.1, 0.15) is 0 Å². The van der Waals surface area contributed by atoms with Crippen LogP contribution in [-0.4, -0.2) is 4.57 Å². The van der Waals surface area contributed by atoms with Gasteiger partial charge < -0.3 is 4.57 Å². The summed E-state index contributed by atoms with van der Waals surface area (Å²) in [6, 6.07) is 41.7. The fraction of sp³-hybridized carbons (Fsp3) is 0. The van der Waals surface area contributed by atoms with Crippen molar-refractivity contribution < 1.29 is 4.57 Å². The third kappa shape index (κ3) is 3.19. The van der Waals surface area contributed by atoms with Gasteiger partial charge >= 0.3 is 0 Å². The van der Waals surface area contributed by atoms with E-state index in [1.54, 1.807) is 0 Å². The zero-order valence-corrected chi connectivity index (χ0v) is 18.7. The van der Waals surface area contributed by atoms with Crippen molar-refractivity contribution in [3.05, 3.63) is 121 Å². The molecular weight excluding hydrogens is 421 g/mol. The lowest BCUT2D eigenvalue weighted by Gasteiger charge is -2.17. The monoisotopic (exact) mass is 441 g/mol. The number of fused-ring (bicyclic) bond motifs is 3. The van der Waals surface area contributed by atoms with Crippen molar-refractivity contribution in [2.75, 3.05) is 0 Å². The summed E-state index contributed by atoms with van der Waals surface area (Å²) < 4.78 is 14.9. The Morgan fingerprint density at radius 3 is 1.73 bits per heavy atom. The van der Waals surface area contributed by atoms with Crippen LogP contribution in [-0.2, 0) is 4.57 Å². The number of hydrogen-bond donors (Lipinski definition) is 0. The van der Waals surface area contributed by atoms with Gasteiger partial charge in [0, 0.05) is 27.6 Å². The standard InChI is InChI=1S/C30H20NOP/c32-33-27-20-25-24-18-10-11-19-26(24)31(23-16-8-3-9-17-23)30(25)29(22-14-6-2-7-15-22)28(27)21-12-4-1-5-13-21/h1-20H. The molecule has 0 saturated heterocycles. The van der Waals surface area contributed by atoms with Crippen LogP contribution in [0.2, 0.25) is 0 Å². The van der Waals surface area contributed by atoms with E-state index in [0.29, 0.717) is 0 Å². The van der Waals surface area contributed by atoms with Crippen LogP contribution >= 0.6 is 8.46 Å². The lowest BCUT2D eigenvalue weighted by Crippen LogP contribution is -2.04. The number of nitrogens with zero attached hydrogens (tertiary/aromatic N) is 1. The molecule has 0 amide bonds. The van der Waals surface area contributed by atoms with Gasteiger partial charge in [-0.3, -0.25) is 4.57 Å². The summed E-state index contributed by atoms with van der Waals surface area (Å²) in [5.74, 6) is 0. The first-order valence-electron chi connectivity index (χ1n) is 11.0. The molecule has 2 nitrogen and oxygen atoms in total. The Hall–Kier alpha value is -4.00. The molecule has 3 heteroatoms. The van der Waals surface area contributed by atoms with E-state index in [1.807, 2.05) is 30.3 Å². The molecule has 33 heavy (non-hydrogen) atoms. The molecule has 1 aromatic heterocycles. The quantitative estimate of drug-likeness (QED) is 0.254. The van der Waals surface area contributed by atoms with Gasteiger partial charge in [0.25, 0.3) is 0 Å². The first-order valence-corrected chi connectivity index (χ1v) is 11.8. The van der Waals surface area contributed by atoms with Gasteiger partial charge in [-0.25, -0.2) is 0 Å². The van der Waals surface area contributed by atoms with E-state index >= 15 is 0 Å². The van der Waals surface area contributed by atoms with Crippen LogP contribution < -0.4 is 5.30 Å². The van der Waals surface area contributed by atoms with E-state index in [1.165, 1.54) is 0 Å². The molecule has 0 aliphatic heterocycles. The van der Waals surface area contributed by atoms with E-state index in [0.717, 1.165) is 55.1 Å². The van der Waals surface area contributed by atoms with Crippen LogP contribution in [0.1, 0.15) is 0 Å². The number of hydrogen-bond acceptors (Lipinski definition) is 1. The fourth-order valence-corrected chi connectivity index (χ4v) is 5.33. The molecule has 0 atom stereocenters. The molecule has 6 rings (SSSR count). The Kier molecular flexibility index (Phi) is 4.87. The van der Waals surface area contributed by atoms with Crippen LogP contribution in [0.5, 0.6) is 0 Å². The number of aromatic nitrogens is 1. The highest BCUT2D eigenvalue weighted by Gasteiger charge is 2.23. The summed E-state index contributed by atoms with van der Waals surface area (Å²) in [7, 11) is 0.00745. The summed E-state index contributed by atoms with van der Waals surface area (Å²) in [4.78, 5) is 0. The van der Waals surface area contributed by atoms with Crippen LogP contribution in [0.4, 0.5) is 0 Å². The molecule has 6 aromatic rings. The molecule has 0 radical (unpaired) electrons. The number of para-hydroxylation sites is 2. The van der Waals surface area contributed by atoms with Crippen molar-refractivity contribution >= 4 is 35.6 Å². The highest BCUT2D eigenvalue weighted by atomic mass is 31.1. The molecule has 0 aliphatic carbocycles. The first-order chi connectivity index (χ1) is 16.4. The maximum Gasteiger partial charge on any atom is 0.192 e. The SMILES string of the molecule is O=Pc1cc2c3ccccc3n(-c3ccccc3)c2c(-c2ccccc2)c1-c1ccccc1. The summed E-state index contributed by atoms with van der Waals surface area (Å²) in [6.07, 6.45) is 0. The smallest absolute Gasteiger partial charge is 0.192 e. The van der Waals surface area contributed by atoms with Crippen molar-refractivity contribution in [3.63, 3.8) is 0 Å². The second kappa shape index (κ2) is 8.16. The van der Waals surface area contributed by atoms with Gasteiger partial charge in [0.15, 0.2) is 8.46 Å². The average Bonchev–Trinajstić information content (AvgIpc) is 3.23. The van der Waals surface area contributed by atoms with Crippen LogP contribution in [0, 0.1) is 0 Å². The van der Waals surface area contributed by atoms with Crippen LogP contribution in [0.15, 0.2) is 121 Å². The molecule has 0 aliphatic rings. The predicted octanol–water partition coefficient (Wildman–Crippen LogP) is 8.03. The van der Waals surface area contributed by atoms with E-state index < -0.39 is 0 Å². The van der Waals surface area contributed by atoms with Gasteiger partial charge in [-0.2, -0.15) is 0 Å². The molecular formula is C30H20NOP. The van der Waals surface area contributed by atoms with Gasteiger partial charge in [0.05, 0.1) is 16.3 Å². The zero-order chi connectivity index (χ0) is 22.2. The Labute approximate surface area is 194 Å². The summed E-state index contributed by atoms with van der Waals surface area (Å²) in [5.41, 5.74) is 7.62. The van der Waals surface area contributed by atoms with Gasteiger partial charge in [-0.15, -0.1) is 0 Å². The van der Waals surface area contributed by atoms with Crippen molar-refractivity contribution in [2.45, 2.75) is 0 Å². The normalized spacial score (nSPS) is 11.4. The minimum absolute atomic E-state index is 0.00745. The second-order valence-corrected chi connectivity index (χ2v) is 8.72. The molecule has 0 bridgehead atoms. The summed E-state index contributed by atoms with van der Waals surface area (Å²) in [6.45, 7) is 0. The summed E-state index contributed by atoms with van der Waals surface area (Å²) in [5, 5.41) is 3.05. The van der Waals surface area contributed by atoms with E-state index in [9.17, 15) is 4.57 Å². The highest BCUT2D eigenvalue weighted by molar-refractivity contribution is 7.34. The van der Waals surface area contributed by atoms with Gasteiger partial charge in [-0.05, 0) is 35.4 Å². The Morgan fingerprint density at radius 2 is 1.09 bits per heavy atom. The first kappa shape index (κ1) is 19.7. The molecule has 0 spiro atoms.